The number of ether oxygens (including phenoxy) is 1. The Hall–Kier alpha value is -3.74. The zero-order chi connectivity index (χ0) is 22.1. The second-order valence-corrected chi connectivity index (χ2v) is 7.76. The molecule has 1 aliphatic heterocycles. The van der Waals surface area contributed by atoms with E-state index >= 15 is 0 Å². The number of rotatable bonds is 4. The maximum atomic E-state index is 13.1. The number of para-hydroxylation sites is 1. The van der Waals surface area contributed by atoms with E-state index in [4.69, 9.17) is 0 Å². The quantitative estimate of drug-likeness (QED) is 0.466. The molecule has 3 amide bonds. The molecule has 1 N–H and O–H groups in total. The van der Waals surface area contributed by atoms with E-state index in [1.807, 2.05) is 13.0 Å². The lowest BCUT2D eigenvalue weighted by Gasteiger charge is -2.19. The first-order valence-electron chi connectivity index (χ1n) is 10.0. The number of allylic oxidation sites excluding steroid dienone is 2. The number of anilines is 2. The molecule has 0 bridgehead atoms. The fourth-order valence-electron chi connectivity index (χ4n) is 4.14. The van der Waals surface area contributed by atoms with Gasteiger partial charge in [-0.1, -0.05) is 23.8 Å². The second-order valence-electron chi connectivity index (χ2n) is 7.76. The number of methoxy groups -OCH3 is 1. The largest absolute Gasteiger partial charge is 0.465 e. The van der Waals surface area contributed by atoms with Gasteiger partial charge in [0.15, 0.2) is 0 Å². The van der Waals surface area contributed by atoms with Crippen LogP contribution in [-0.4, -0.2) is 30.8 Å². The Morgan fingerprint density at radius 1 is 1.00 bits per heavy atom. The van der Waals surface area contributed by atoms with Crippen molar-refractivity contribution in [3.8, 4) is 0 Å². The lowest BCUT2D eigenvalue weighted by molar-refractivity contribution is -0.122. The summed E-state index contributed by atoms with van der Waals surface area (Å²) in [5, 5.41) is 2.76. The van der Waals surface area contributed by atoms with E-state index in [1.165, 1.54) is 7.11 Å². The number of nitrogens with one attached hydrogen (secondary N) is 1. The smallest absolute Gasteiger partial charge is 0.337 e. The highest BCUT2D eigenvalue weighted by Crippen LogP contribution is 2.40. The average molecular weight is 418 g/mol. The Labute approximate surface area is 179 Å². The lowest BCUT2D eigenvalue weighted by Crippen LogP contribution is -2.33. The Kier molecular flexibility index (Phi) is 5.42. The van der Waals surface area contributed by atoms with Gasteiger partial charge in [-0.25, -0.2) is 9.69 Å². The molecule has 2 aliphatic rings. The maximum Gasteiger partial charge on any atom is 0.337 e. The van der Waals surface area contributed by atoms with E-state index in [1.54, 1.807) is 48.5 Å². The predicted molar refractivity (Wildman–Crippen MR) is 115 cm³/mol. The normalized spacial score (nSPS) is 20.2. The van der Waals surface area contributed by atoms with Crippen LogP contribution in [0.15, 0.2) is 60.2 Å². The highest BCUT2D eigenvalue weighted by molar-refractivity contribution is 6.25. The number of fused-ring (bicyclic) bond motifs is 1. The van der Waals surface area contributed by atoms with Crippen LogP contribution in [0.2, 0.25) is 0 Å². The minimum absolute atomic E-state index is 0.226. The summed E-state index contributed by atoms with van der Waals surface area (Å²) in [6.07, 6.45) is 3.11. The van der Waals surface area contributed by atoms with Gasteiger partial charge in [-0.15, -0.1) is 0 Å². The zero-order valence-electron chi connectivity index (χ0n) is 17.3. The predicted octanol–water partition coefficient (Wildman–Crippen LogP) is 3.57. The van der Waals surface area contributed by atoms with Crippen molar-refractivity contribution in [1.82, 2.24) is 0 Å². The number of carbonyl (C=O) groups excluding carboxylic acids is 4. The summed E-state index contributed by atoms with van der Waals surface area (Å²) in [4.78, 5) is 51.8. The van der Waals surface area contributed by atoms with Crippen LogP contribution in [0.5, 0.6) is 0 Å². The molecule has 4 rings (SSSR count). The molecule has 31 heavy (non-hydrogen) atoms. The van der Waals surface area contributed by atoms with Crippen LogP contribution in [0.3, 0.4) is 0 Å². The Morgan fingerprint density at radius 2 is 1.68 bits per heavy atom. The number of carbonyl (C=O) groups is 4. The van der Waals surface area contributed by atoms with Crippen LogP contribution in [0.4, 0.5) is 11.4 Å². The third kappa shape index (κ3) is 3.74. The number of hydrogen-bond acceptors (Lipinski definition) is 5. The summed E-state index contributed by atoms with van der Waals surface area (Å²) in [5.74, 6) is -2.20. The first-order valence-corrected chi connectivity index (χ1v) is 10.0. The summed E-state index contributed by atoms with van der Waals surface area (Å²) >= 11 is 0. The summed E-state index contributed by atoms with van der Waals surface area (Å²) < 4.78 is 4.67. The molecule has 158 valence electrons. The summed E-state index contributed by atoms with van der Waals surface area (Å²) in [6, 6.07) is 12.8. The van der Waals surface area contributed by atoms with Gasteiger partial charge in [0.2, 0.25) is 11.8 Å². The molecule has 0 aromatic heterocycles. The van der Waals surface area contributed by atoms with Crippen molar-refractivity contribution in [3.63, 3.8) is 0 Å². The molecule has 7 heteroatoms. The Bertz CT molecular complexity index is 1100. The minimum atomic E-state index is -0.472. The van der Waals surface area contributed by atoms with Crippen molar-refractivity contribution in [2.75, 3.05) is 17.3 Å². The molecule has 2 aromatic carbocycles. The molecular formula is C24H22N2O5. The van der Waals surface area contributed by atoms with Gasteiger partial charge < -0.3 is 10.1 Å². The molecule has 0 spiro atoms. The SMILES string of the molecule is COC(=O)c1ccc(NC(=O)c2ccccc2N2C(=O)[C@@H]3CC=C(C)C[C@H]3C2=O)cc1. The molecule has 1 aliphatic carbocycles. The van der Waals surface area contributed by atoms with Crippen LogP contribution >= 0.6 is 0 Å². The standard InChI is InChI=1S/C24H22N2O5/c1-14-7-12-17-19(13-14)23(29)26(22(17)28)20-6-4-3-5-18(20)21(27)25-16-10-8-15(9-11-16)24(30)31-2/h3-11,17,19H,12-13H2,1-2H3,(H,25,27)/t17-,19-/m1/s1. The summed E-state index contributed by atoms with van der Waals surface area (Å²) in [6.45, 7) is 1.96. The molecule has 0 saturated carbocycles. The van der Waals surface area contributed by atoms with Gasteiger partial charge in [0.05, 0.1) is 35.8 Å². The van der Waals surface area contributed by atoms with Gasteiger partial charge in [-0.3, -0.25) is 14.4 Å². The summed E-state index contributed by atoms with van der Waals surface area (Å²) in [7, 11) is 1.30. The van der Waals surface area contributed by atoms with E-state index in [0.29, 0.717) is 24.1 Å². The van der Waals surface area contributed by atoms with E-state index in [2.05, 4.69) is 10.1 Å². The first kappa shape index (κ1) is 20.5. The van der Waals surface area contributed by atoms with Crippen LogP contribution in [0, 0.1) is 11.8 Å². The molecule has 1 fully saturated rings. The van der Waals surface area contributed by atoms with Gasteiger partial charge in [-0.2, -0.15) is 0 Å². The number of nitrogens with zero attached hydrogens (tertiary/aromatic N) is 1. The lowest BCUT2D eigenvalue weighted by atomic mass is 9.82. The van der Waals surface area contributed by atoms with E-state index in [-0.39, 0.29) is 34.9 Å². The van der Waals surface area contributed by atoms with E-state index in [9.17, 15) is 19.2 Å². The van der Waals surface area contributed by atoms with Gasteiger partial charge in [0.1, 0.15) is 0 Å². The third-order valence-corrected chi connectivity index (χ3v) is 5.78. The second kappa shape index (κ2) is 8.18. The van der Waals surface area contributed by atoms with E-state index < -0.39 is 11.9 Å². The molecule has 2 aromatic rings. The molecular weight excluding hydrogens is 396 g/mol. The van der Waals surface area contributed by atoms with Crippen molar-refractivity contribution in [2.24, 2.45) is 11.8 Å². The fraction of sp³-hybridized carbons (Fsp3) is 0.250. The van der Waals surface area contributed by atoms with E-state index in [0.717, 1.165) is 10.5 Å². The highest BCUT2D eigenvalue weighted by atomic mass is 16.5. The van der Waals surface area contributed by atoms with Gasteiger partial charge in [0.25, 0.3) is 5.91 Å². The highest BCUT2D eigenvalue weighted by Gasteiger charge is 2.49. The Balaban J connectivity index is 1.59. The molecule has 1 saturated heterocycles. The number of amides is 3. The molecule has 0 unspecified atom stereocenters. The van der Waals surface area contributed by atoms with Crippen molar-refractivity contribution < 1.29 is 23.9 Å². The average Bonchev–Trinajstić information content (AvgIpc) is 3.03. The minimum Gasteiger partial charge on any atom is -0.465 e. The van der Waals surface area contributed by atoms with Crippen molar-refractivity contribution in [1.29, 1.82) is 0 Å². The number of imide groups is 1. The first-order chi connectivity index (χ1) is 14.9. The molecule has 2 atom stereocenters. The van der Waals surface area contributed by atoms with Gasteiger partial charge in [0, 0.05) is 5.69 Å². The third-order valence-electron chi connectivity index (χ3n) is 5.78. The van der Waals surface area contributed by atoms with Crippen LogP contribution in [0.1, 0.15) is 40.5 Å². The fourth-order valence-corrected chi connectivity index (χ4v) is 4.14. The topological polar surface area (TPSA) is 92.8 Å². The van der Waals surface area contributed by atoms with Crippen LogP contribution in [0.25, 0.3) is 0 Å². The zero-order valence-corrected chi connectivity index (χ0v) is 17.3. The van der Waals surface area contributed by atoms with Crippen molar-refractivity contribution in [2.45, 2.75) is 19.8 Å². The molecule has 1 heterocycles. The Morgan fingerprint density at radius 3 is 2.39 bits per heavy atom. The van der Waals surface area contributed by atoms with Gasteiger partial charge >= 0.3 is 5.97 Å². The van der Waals surface area contributed by atoms with Gasteiger partial charge in [-0.05, 0) is 56.2 Å². The number of hydrogen-bond donors (Lipinski definition) is 1. The maximum absolute atomic E-state index is 13.1. The number of esters is 1. The van der Waals surface area contributed by atoms with Crippen LogP contribution in [-0.2, 0) is 14.3 Å². The summed E-state index contributed by atoms with van der Waals surface area (Å²) in [5.41, 5.74) is 2.45. The monoisotopic (exact) mass is 418 g/mol. The van der Waals surface area contributed by atoms with Crippen molar-refractivity contribution in [3.05, 3.63) is 71.3 Å². The van der Waals surface area contributed by atoms with Crippen molar-refractivity contribution >= 4 is 35.1 Å². The molecule has 7 nitrogen and oxygen atoms in total. The van der Waals surface area contributed by atoms with Crippen LogP contribution < -0.4 is 10.2 Å². The number of benzene rings is 2. The molecule has 0 radical (unpaired) electrons.